The highest BCUT2D eigenvalue weighted by atomic mass is 32.1. The first-order valence-electron chi connectivity index (χ1n) is 10.2. The maximum Gasteiger partial charge on any atom is 0.149 e. The van der Waals surface area contributed by atoms with Crippen LogP contribution in [0, 0.1) is 6.92 Å². The van der Waals surface area contributed by atoms with Crippen LogP contribution in [-0.2, 0) is 0 Å². The van der Waals surface area contributed by atoms with Gasteiger partial charge in [-0.1, -0.05) is 6.42 Å². The molecule has 5 rings (SSSR count). The largest absolute Gasteiger partial charge is 0.507 e. The highest BCUT2D eigenvalue weighted by Crippen LogP contribution is 2.38. The molecule has 2 N–H and O–H groups in total. The van der Waals surface area contributed by atoms with Crippen LogP contribution in [0.3, 0.4) is 0 Å². The number of phenols is 1. The lowest BCUT2D eigenvalue weighted by Gasteiger charge is -2.42. The Labute approximate surface area is 169 Å². The van der Waals surface area contributed by atoms with Crippen LogP contribution >= 0.6 is 11.3 Å². The average Bonchev–Trinajstić information content (AvgIpc) is 3.12. The molecule has 0 amide bonds. The fraction of sp³-hybridized carbons (Fsp3) is 0.455. The summed E-state index contributed by atoms with van der Waals surface area (Å²) in [6.07, 6.45) is 6.53. The van der Waals surface area contributed by atoms with E-state index in [-0.39, 0.29) is 0 Å². The summed E-state index contributed by atoms with van der Waals surface area (Å²) in [4.78, 5) is 2.65. The zero-order chi connectivity index (χ0) is 19.1. The molecule has 2 fully saturated rings. The molecule has 1 atom stereocenters. The van der Waals surface area contributed by atoms with Gasteiger partial charge in [-0.05, 0) is 74.4 Å². The van der Waals surface area contributed by atoms with Crippen molar-refractivity contribution in [1.29, 1.82) is 0 Å². The minimum atomic E-state index is 0.292. The number of nitrogens with one attached hydrogen (secondary N) is 1. The SMILES string of the molecule is Cc1cc(N[C@H]2CCCN(C3CCC3)C2)nnc1-c1ccc2sccc2c1O. The molecule has 1 saturated carbocycles. The van der Waals surface area contributed by atoms with Gasteiger partial charge >= 0.3 is 0 Å². The molecule has 1 aliphatic carbocycles. The maximum atomic E-state index is 10.7. The first-order chi connectivity index (χ1) is 13.7. The summed E-state index contributed by atoms with van der Waals surface area (Å²) in [5, 5.41) is 26.0. The zero-order valence-corrected chi connectivity index (χ0v) is 17.0. The van der Waals surface area contributed by atoms with E-state index in [9.17, 15) is 5.11 Å². The van der Waals surface area contributed by atoms with Crippen LogP contribution in [0.5, 0.6) is 5.75 Å². The Hall–Kier alpha value is -2.18. The van der Waals surface area contributed by atoms with E-state index in [2.05, 4.69) is 26.5 Å². The lowest BCUT2D eigenvalue weighted by molar-refractivity contribution is 0.0990. The quantitative estimate of drug-likeness (QED) is 0.665. The van der Waals surface area contributed by atoms with E-state index in [1.54, 1.807) is 11.3 Å². The summed E-state index contributed by atoms with van der Waals surface area (Å²) in [6, 6.07) is 9.23. The van der Waals surface area contributed by atoms with Crippen molar-refractivity contribution in [1.82, 2.24) is 15.1 Å². The molecule has 0 unspecified atom stereocenters. The molecular weight excluding hydrogens is 368 g/mol. The first-order valence-corrected chi connectivity index (χ1v) is 11.1. The van der Waals surface area contributed by atoms with Crippen LogP contribution < -0.4 is 5.32 Å². The second-order valence-electron chi connectivity index (χ2n) is 8.12. The van der Waals surface area contributed by atoms with Gasteiger partial charge in [-0.3, -0.25) is 4.90 Å². The lowest BCUT2D eigenvalue weighted by Crippen LogP contribution is -2.49. The number of hydrogen-bond acceptors (Lipinski definition) is 6. The number of thiophene rings is 1. The third-order valence-electron chi connectivity index (χ3n) is 6.24. The fourth-order valence-electron chi connectivity index (χ4n) is 4.46. The molecule has 0 radical (unpaired) electrons. The predicted molar refractivity (Wildman–Crippen MR) is 115 cm³/mol. The van der Waals surface area contributed by atoms with Gasteiger partial charge in [-0.15, -0.1) is 21.5 Å². The molecule has 0 spiro atoms. The predicted octanol–water partition coefficient (Wildman–Crippen LogP) is 4.80. The molecule has 28 heavy (non-hydrogen) atoms. The molecule has 3 aromatic rings. The molecule has 0 bridgehead atoms. The second-order valence-corrected chi connectivity index (χ2v) is 9.07. The van der Waals surface area contributed by atoms with Crippen molar-refractivity contribution in [2.75, 3.05) is 18.4 Å². The summed E-state index contributed by atoms with van der Waals surface area (Å²) in [6.45, 7) is 4.37. The Bertz CT molecular complexity index is 997. The van der Waals surface area contributed by atoms with Crippen molar-refractivity contribution in [3.05, 3.63) is 35.2 Å². The number of anilines is 1. The number of likely N-dealkylation sites (tertiary alicyclic amines) is 1. The Morgan fingerprint density at radius 1 is 1.14 bits per heavy atom. The summed E-state index contributed by atoms with van der Waals surface area (Å²) >= 11 is 1.63. The third kappa shape index (κ3) is 3.25. The molecule has 3 heterocycles. The number of fused-ring (bicyclic) bond motifs is 1. The van der Waals surface area contributed by atoms with E-state index in [0.717, 1.165) is 45.3 Å². The van der Waals surface area contributed by atoms with E-state index >= 15 is 0 Å². The van der Waals surface area contributed by atoms with Gasteiger partial charge < -0.3 is 10.4 Å². The van der Waals surface area contributed by atoms with Crippen molar-refractivity contribution in [2.24, 2.45) is 0 Å². The number of hydrogen-bond donors (Lipinski definition) is 2. The molecule has 1 aromatic carbocycles. The summed E-state index contributed by atoms with van der Waals surface area (Å²) < 4.78 is 1.08. The van der Waals surface area contributed by atoms with Crippen LogP contribution in [0.4, 0.5) is 5.82 Å². The lowest BCUT2D eigenvalue weighted by atomic mass is 9.89. The van der Waals surface area contributed by atoms with Crippen molar-refractivity contribution in [3.63, 3.8) is 0 Å². The highest BCUT2D eigenvalue weighted by Gasteiger charge is 2.29. The van der Waals surface area contributed by atoms with E-state index in [1.807, 2.05) is 30.5 Å². The van der Waals surface area contributed by atoms with Gasteiger partial charge in [0.25, 0.3) is 0 Å². The molecule has 6 heteroatoms. The van der Waals surface area contributed by atoms with Gasteiger partial charge in [0, 0.05) is 34.3 Å². The standard InChI is InChI=1S/C22H26N4OS/c1-14-12-20(23-15-4-3-10-26(13-15)16-5-2-6-16)24-25-21(14)18-7-8-19-17(22(18)27)9-11-28-19/h7-9,11-12,15-16,27H,2-6,10,13H2,1H3,(H,23,24)/t15-/m0/s1. The summed E-state index contributed by atoms with van der Waals surface area (Å²) in [5.74, 6) is 1.12. The van der Waals surface area contributed by atoms with E-state index in [4.69, 9.17) is 0 Å². The van der Waals surface area contributed by atoms with Gasteiger partial charge in [0.2, 0.25) is 0 Å². The molecule has 2 aliphatic rings. The van der Waals surface area contributed by atoms with Gasteiger partial charge in [-0.2, -0.15) is 0 Å². The monoisotopic (exact) mass is 394 g/mol. The van der Waals surface area contributed by atoms with Gasteiger partial charge in [-0.25, -0.2) is 0 Å². The van der Waals surface area contributed by atoms with Crippen LogP contribution in [0.2, 0.25) is 0 Å². The Balaban J connectivity index is 1.35. The van der Waals surface area contributed by atoms with Crippen molar-refractivity contribution in [2.45, 2.75) is 51.1 Å². The Morgan fingerprint density at radius 2 is 2.04 bits per heavy atom. The molecular formula is C22H26N4OS. The van der Waals surface area contributed by atoms with Gasteiger partial charge in [0.05, 0.1) is 5.69 Å². The fourth-order valence-corrected chi connectivity index (χ4v) is 5.25. The molecule has 146 valence electrons. The third-order valence-corrected chi connectivity index (χ3v) is 7.12. The molecule has 5 nitrogen and oxygen atoms in total. The Morgan fingerprint density at radius 3 is 2.82 bits per heavy atom. The maximum absolute atomic E-state index is 10.7. The number of benzene rings is 1. The normalized spacial score (nSPS) is 21.0. The Kier molecular flexibility index (Phi) is 4.69. The number of rotatable bonds is 4. The summed E-state index contributed by atoms with van der Waals surface area (Å²) in [7, 11) is 0. The second kappa shape index (κ2) is 7.33. The minimum Gasteiger partial charge on any atom is -0.507 e. The number of nitrogens with zero attached hydrogens (tertiary/aromatic N) is 3. The number of phenolic OH excluding ortho intramolecular Hbond substituents is 1. The molecule has 2 aromatic heterocycles. The van der Waals surface area contributed by atoms with E-state index < -0.39 is 0 Å². The number of aryl methyl sites for hydroxylation is 1. The van der Waals surface area contributed by atoms with Crippen LogP contribution in [0.25, 0.3) is 21.3 Å². The highest BCUT2D eigenvalue weighted by molar-refractivity contribution is 7.17. The number of aromatic nitrogens is 2. The van der Waals surface area contributed by atoms with Crippen molar-refractivity contribution >= 4 is 27.2 Å². The number of piperidine rings is 1. The smallest absolute Gasteiger partial charge is 0.149 e. The van der Waals surface area contributed by atoms with Crippen LogP contribution in [0.1, 0.15) is 37.7 Å². The van der Waals surface area contributed by atoms with E-state index in [1.165, 1.54) is 38.6 Å². The molecule has 1 saturated heterocycles. The summed E-state index contributed by atoms with van der Waals surface area (Å²) in [5.41, 5.74) is 2.52. The first kappa shape index (κ1) is 17.9. The number of aromatic hydroxyl groups is 1. The molecule has 1 aliphatic heterocycles. The minimum absolute atomic E-state index is 0.292. The van der Waals surface area contributed by atoms with Crippen LogP contribution in [0.15, 0.2) is 29.6 Å². The van der Waals surface area contributed by atoms with Crippen molar-refractivity contribution in [3.8, 4) is 17.0 Å². The van der Waals surface area contributed by atoms with Gasteiger partial charge in [0.1, 0.15) is 11.6 Å². The topological polar surface area (TPSA) is 61.3 Å². The zero-order valence-electron chi connectivity index (χ0n) is 16.2. The average molecular weight is 395 g/mol. The van der Waals surface area contributed by atoms with Crippen molar-refractivity contribution < 1.29 is 5.11 Å². The van der Waals surface area contributed by atoms with E-state index in [0.29, 0.717) is 11.8 Å². The van der Waals surface area contributed by atoms with Gasteiger partial charge in [0.15, 0.2) is 0 Å². The van der Waals surface area contributed by atoms with Crippen LogP contribution in [-0.4, -0.2) is 45.4 Å².